The Labute approximate surface area is 207 Å². The summed E-state index contributed by atoms with van der Waals surface area (Å²) < 4.78 is 6.13. The molecule has 0 unspecified atom stereocenters. The maximum absolute atomic E-state index is 12.5. The van der Waals surface area contributed by atoms with E-state index in [0.29, 0.717) is 17.9 Å². The minimum atomic E-state index is -0.365. The van der Waals surface area contributed by atoms with E-state index in [9.17, 15) is 9.59 Å². The van der Waals surface area contributed by atoms with Crippen LogP contribution in [-0.4, -0.2) is 34.2 Å². The third-order valence-electron chi connectivity index (χ3n) is 4.67. The van der Waals surface area contributed by atoms with E-state index < -0.39 is 0 Å². The highest BCUT2D eigenvalue weighted by atomic mass is 79.9. The van der Waals surface area contributed by atoms with Crippen molar-refractivity contribution in [2.24, 2.45) is 0 Å². The van der Waals surface area contributed by atoms with E-state index in [0.717, 1.165) is 37.3 Å². The van der Waals surface area contributed by atoms with Gasteiger partial charge in [0.25, 0.3) is 0 Å². The number of rotatable bonds is 8. The molecule has 0 aliphatic carbocycles. The highest BCUT2D eigenvalue weighted by Gasteiger charge is 2.15. The number of hydrogen-bond acceptors (Lipinski definition) is 7. The van der Waals surface area contributed by atoms with Crippen LogP contribution in [-0.2, 0) is 9.53 Å². The number of amides is 1. The summed E-state index contributed by atoms with van der Waals surface area (Å²) in [6, 6.07) is 14.8. The number of ether oxygens (including phenoxy) is 1. The smallest absolute Gasteiger partial charge is 0.338 e. The third kappa shape index (κ3) is 5.79. The monoisotopic (exact) mass is 541 g/mol. The van der Waals surface area contributed by atoms with Crippen molar-refractivity contribution >= 4 is 66.8 Å². The summed E-state index contributed by atoms with van der Waals surface area (Å²) in [5, 5.41) is 6.65. The van der Waals surface area contributed by atoms with E-state index in [1.807, 2.05) is 31.2 Å². The summed E-state index contributed by atoms with van der Waals surface area (Å²) in [7, 11) is 0. The van der Waals surface area contributed by atoms with Gasteiger partial charge in [0.15, 0.2) is 0 Å². The standard InChI is InChI=1S/C24H20BrN3O3S2/c1-2-11-31-24(30)16-5-9-18(10-6-16)28-20(29)13-33-23-21-19(12-32-22(21)26-14-27-23)15-3-7-17(25)8-4-15/h3-10,12,14H,2,11,13H2,1H3,(H,28,29). The van der Waals surface area contributed by atoms with Crippen LogP contribution in [0.1, 0.15) is 23.7 Å². The Balaban J connectivity index is 1.43. The molecule has 1 amide bonds. The normalized spacial score (nSPS) is 10.8. The number of halogens is 1. The highest BCUT2D eigenvalue weighted by Crippen LogP contribution is 2.38. The number of carbonyl (C=O) groups excluding carboxylic acids is 2. The molecule has 0 saturated heterocycles. The van der Waals surface area contributed by atoms with Crippen LogP contribution in [0.2, 0.25) is 0 Å². The first-order valence-electron chi connectivity index (χ1n) is 10.2. The van der Waals surface area contributed by atoms with Gasteiger partial charge in [-0.2, -0.15) is 0 Å². The van der Waals surface area contributed by atoms with E-state index >= 15 is 0 Å². The molecule has 0 aliphatic heterocycles. The highest BCUT2D eigenvalue weighted by molar-refractivity contribution is 9.10. The number of thiophene rings is 1. The SMILES string of the molecule is CCCOC(=O)c1ccc(NC(=O)CSc2ncnc3scc(-c4ccc(Br)cc4)c23)cc1. The molecular formula is C24H20BrN3O3S2. The Morgan fingerprint density at radius 3 is 2.58 bits per heavy atom. The molecule has 4 rings (SSSR count). The fourth-order valence-electron chi connectivity index (χ4n) is 3.10. The van der Waals surface area contributed by atoms with Gasteiger partial charge < -0.3 is 10.1 Å². The fourth-order valence-corrected chi connectivity index (χ4v) is 5.16. The van der Waals surface area contributed by atoms with Crippen LogP contribution >= 0.6 is 39.0 Å². The van der Waals surface area contributed by atoms with Gasteiger partial charge >= 0.3 is 5.97 Å². The molecule has 2 aromatic heterocycles. The van der Waals surface area contributed by atoms with Crippen LogP contribution in [0.15, 0.2) is 69.7 Å². The van der Waals surface area contributed by atoms with Crippen LogP contribution in [0.25, 0.3) is 21.3 Å². The Kier molecular flexibility index (Phi) is 7.74. The molecule has 4 aromatic rings. The molecule has 0 atom stereocenters. The molecule has 2 aromatic carbocycles. The van der Waals surface area contributed by atoms with Crippen LogP contribution < -0.4 is 5.32 Å². The largest absolute Gasteiger partial charge is 0.462 e. The van der Waals surface area contributed by atoms with E-state index in [1.54, 1.807) is 35.6 Å². The second-order valence-corrected chi connectivity index (χ2v) is 9.80. The zero-order valence-corrected chi connectivity index (χ0v) is 20.9. The topological polar surface area (TPSA) is 81.2 Å². The Morgan fingerprint density at radius 2 is 1.85 bits per heavy atom. The lowest BCUT2D eigenvalue weighted by molar-refractivity contribution is -0.113. The minimum absolute atomic E-state index is 0.159. The molecular weight excluding hydrogens is 522 g/mol. The van der Waals surface area contributed by atoms with E-state index in [4.69, 9.17) is 4.74 Å². The Bertz CT molecular complexity index is 1270. The van der Waals surface area contributed by atoms with Crippen molar-refractivity contribution in [1.29, 1.82) is 0 Å². The average molecular weight is 542 g/mol. The molecule has 33 heavy (non-hydrogen) atoms. The molecule has 0 radical (unpaired) electrons. The van der Waals surface area contributed by atoms with Crippen molar-refractivity contribution in [2.75, 3.05) is 17.7 Å². The fraction of sp³-hybridized carbons (Fsp3) is 0.167. The maximum Gasteiger partial charge on any atom is 0.338 e. The zero-order chi connectivity index (χ0) is 23.2. The molecule has 9 heteroatoms. The van der Waals surface area contributed by atoms with Gasteiger partial charge in [-0.25, -0.2) is 14.8 Å². The maximum atomic E-state index is 12.5. The van der Waals surface area contributed by atoms with E-state index in [-0.39, 0.29) is 17.6 Å². The first kappa shape index (κ1) is 23.4. The van der Waals surface area contributed by atoms with Crippen molar-refractivity contribution in [3.63, 3.8) is 0 Å². The van der Waals surface area contributed by atoms with E-state index in [1.165, 1.54) is 18.1 Å². The van der Waals surface area contributed by atoms with Crippen LogP contribution in [0, 0.1) is 0 Å². The second-order valence-electron chi connectivity index (χ2n) is 7.07. The number of nitrogens with zero attached hydrogens (tertiary/aromatic N) is 2. The van der Waals surface area contributed by atoms with E-state index in [2.05, 4.69) is 36.6 Å². The number of esters is 1. The molecule has 0 spiro atoms. The summed E-state index contributed by atoms with van der Waals surface area (Å²) in [5.41, 5.74) is 3.20. The molecule has 6 nitrogen and oxygen atoms in total. The number of hydrogen-bond donors (Lipinski definition) is 1. The molecule has 1 N–H and O–H groups in total. The lowest BCUT2D eigenvalue weighted by atomic mass is 10.1. The molecule has 168 valence electrons. The summed E-state index contributed by atoms with van der Waals surface area (Å²) in [6.45, 7) is 2.33. The quantitative estimate of drug-likeness (QED) is 0.157. The van der Waals surface area contributed by atoms with Gasteiger partial charge in [-0.15, -0.1) is 11.3 Å². The van der Waals surface area contributed by atoms with Gasteiger partial charge in [0, 0.05) is 21.1 Å². The number of aromatic nitrogens is 2. The second kappa shape index (κ2) is 10.9. The van der Waals surface area contributed by atoms with Gasteiger partial charge in [-0.1, -0.05) is 46.7 Å². The van der Waals surface area contributed by atoms with Crippen molar-refractivity contribution in [3.05, 3.63) is 70.3 Å². The van der Waals surface area contributed by atoms with Crippen LogP contribution in [0.3, 0.4) is 0 Å². The average Bonchev–Trinajstić information content (AvgIpc) is 3.27. The van der Waals surface area contributed by atoms with Crippen LogP contribution in [0.4, 0.5) is 5.69 Å². The lowest BCUT2D eigenvalue weighted by Gasteiger charge is -2.08. The first-order valence-corrected chi connectivity index (χ1v) is 12.9. The molecule has 0 aliphatic rings. The number of benzene rings is 2. The molecule has 0 bridgehead atoms. The summed E-state index contributed by atoms with van der Waals surface area (Å²) in [4.78, 5) is 34.2. The predicted octanol–water partition coefficient (Wildman–Crippen LogP) is 6.42. The zero-order valence-electron chi connectivity index (χ0n) is 17.7. The van der Waals surface area contributed by atoms with Crippen molar-refractivity contribution in [1.82, 2.24) is 9.97 Å². The molecule has 2 heterocycles. The minimum Gasteiger partial charge on any atom is -0.462 e. The first-order chi connectivity index (χ1) is 16.0. The van der Waals surface area contributed by atoms with Crippen molar-refractivity contribution in [2.45, 2.75) is 18.4 Å². The number of thioether (sulfide) groups is 1. The van der Waals surface area contributed by atoms with Gasteiger partial charge in [0.1, 0.15) is 16.2 Å². The summed E-state index contributed by atoms with van der Waals surface area (Å²) in [5.74, 6) is -0.328. The van der Waals surface area contributed by atoms with Gasteiger partial charge in [0.05, 0.1) is 23.3 Å². The number of anilines is 1. The van der Waals surface area contributed by atoms with Gasteiger partial charge in [0.2, 0.25) is 5.91 Å². The van der Waals surface area contributed by atoms with Crippen molar-refractivity contribution in [3.8, 4) is 11.1 Å². The predicted molar refractivity (Wildman–Crippen MR) is 137 cm³/mol. The number of carbonyl (C=O) groups is 2. The lowest BCUT2D eigenvalue weighted by Crippen LogP contribution is -2.14. The van der Waals surface area contributed by atoms with Gasteiger partial charge in [-0.05, 0) is 48.4 Å². The summed E-state index contributed by atoms with van der Waals surface area (Å²) >= 11 is 6.40. The van der Waals surface area contributed by atoms with Crippen molar-refractivity contribution < 1.29 is 14.3 Å². The summed E-state index contributed by atoms with van der Waals surface area (Å²) in [6.07, 6.45) is 2.30. The van der Waals surface area contributed by atoms with Crippen LogP contribution in [0.5, 0.6) is 0 Å². The Hall–Kier alpha value is -2.75. The molecule has 0 fully saturated rings. The number of nitrogens with one attached hydrogen (secondary N) is 1. The molecule has 0 saturated carbocycles. The Morgan fingerprint density at radius 1 is 1.09 bits per heavy atom. The number of fused-ring (bicyclic) bond motifs is 1. The third-order valence-corrected chi connectivity index (χ3v) is 7.08. The van der Waals surface area contributed by atoms with Gasteiger partial charge in [-0.3, -0.25) is 4.79 Å².